The van der Waals surface area contributed by atoms with Crippen molar-refractivity contribution in [3.05, 3.63) is 70.2 Å². The van der Waals surface area contributed by atoms with E-state index in [0.717, 1.165) is 36.6 Å². The second kappa shape index (κ2) is 6.57. The lowest BCUT2D eigenvalue weighted by Crippen LogP contribution is -2.41. The highest BCUT2D eigenvalue weighted by Crippen LogP contribution is 2.16. The summed E-state index contributed by atoms with van der Waals surface area (Å²) in [6, 6.07) is 10.3. The van der Waals surface area contributed by atoms with Gasteiger partial charge in [-0.2, -0.15) is 0 Å². The predicted octanol–water partition coefficient (Wildman–Crippen LogP) is 2.68. The molecular weight excluding hydrogens is 320 g/mol. The molecule has 0 saturated carbocycles. The van der Waals surface area contributed by atoms with E-state index in [0.29, 0.717) is 5.69 Å². The highest BCUT2D eigenvalue weighted by atomic mass is 32.1. The van der Waals surface area contributed by atoms with E-state index in [1.54, 1.807) is 0 Å². The average Bonchev–Trinajstić information content (AvgIpc) is 3.24. The fraction of sp³-hybridized carbons (Fsp3) is 0.278. The van der Waals surface area contributed by atoms with Crippen LogP contribution in [0.15, 0.2) is 48.1 Å². The van der Waals surface area contributed by atoms with Gasteiger partial charge in [0.05, 0.1) is 5.01 Å². The van der Waals surface area contributed by atoms with Crippen LogP contribution in [-0.2, 0) is 19.4 Å². The lowest BCUT2D eigenvalue weighted by Gasteiger charge is -2.24. The smallest absolute Gasteiger partial charge is 0.271 e. The van der Waals surface area contributed by atoms with Crippen molar-refractivity contribution in [2.75, 3.05) is 0 Å². The first kappa shape index (κ1) is 15.1. The van der Waals surface area contributed by atoms with Crippen molar-refractivity contribution in [1.82, 2.24) is 19.9 Å². The Morgan fingerprint density at radius 3 is 3.08 bits per heavy atom. The van der Waals surface area contributed by atoms with E-state index in [2.05, 4.69) is 32.0 Å². The number of nitrogens with zero attached hydrogens (tertiary/aromatic N) is 3. The van der Waals surface area contributed by atoms with Gasteiger partial charge in [0.2, 0.25) is 0 Å². The van der Waals surface area contributed by atoms with Crippen LogP contribution in [0, 0.1) is 0 Å². The van der Waals surface area contributed by atoms with Gasteiger partial charge in [0, 0.05) is 43.2 Å². The van der Waals surface area contributed by atoms with Crippen molar-refractivity contribution in [3.63, 3.8) is 0 Å². The van der Waals surface area contributed by atoms with Gasteiger partial charge < -0.3 is 9.88 Å². The average molecular weight is 338 g/mol. The molecule has 1 aliphatic rings. The Kier molecular flexibility index (Phi) is 4.13. The summed E-state index contributed by atoms with van der Waals surface area (Å²) in [7, 11) is 0. The van der Waals surface area contributed by atoms with E-state index >= 15 is 0 Å². The highest BCUT2D eigenvalue weighted by molar-refractivity contribution is 7.09. The molecule has 0 fully saturated rings. The van der Waals surface area contributed by atoms with E-state index in [-0.39, 0.29) is 11.9 Å². The second-order valence-corrected chi connectivity index (χ2v) is 6.94. The molecular formula is C18H18N4OS. The molecule has 0 spiro atoms. The van der Waals surface area contributed by atoms with Gasteiger partial charge in [0.15, 0.2) is 0 Å². The summed E-state index contributed by atoms with van der Waals surface area (Å²) in [4.78, 5) is 21.2. The molecule has 1 aliphatic heterocycles. The number of nitrogens with one attached hydrogen (secondary N) is 1. The summed E-state index contributed by atoms with van der Waals surface area (Å²) < 4.78 is 2.11. The first-order valence-electron chi connectivity index (χ1n) is 8.07. The number of benzene rings is 1. The molecule has 0 aliphatic carbocycles. The predicted molar refractivity (Wildman–Crippen MR) is 93.2 cm³/mol. The molecule has 2 aromatic heterocycles. The number of aryl methyl sites for hydroxylation is 1. The van der Waals surface area contributed by atoms with Crippen LogP contribution in [0.25, 0.3) is 0 Å². The molecule has 24 heavy (non-hydrogen) atoms. The van der Waals surface area contributed by atoms with Gasteiger partial charge in [0.25, 0.3) is 5.91 Å². The maximum absolute atomic E-state index is 12.4. The molecule has 1 atom stereocenters. The number of amides is 1. The number of carbonyl (C=O) groups is 1. The zero-order valence-electron chi connectivity index (χ0n) is 13.2. The lowest BCUT2D eigenvalue weighted by molar-refractivity contribution is 0.0923. The Morgan fingerprint density at radius 1 is 1.33 bits per heavy atom. The monoisotopic (exact) mass is 338 g/mol. The number of hydrogen-bond donors (Lipinski definition) is 1. The third kappa shape index (κ3) is 3.23. The maximum atomic E-state index is 12.4. The van der Waals surface area contributed by atoms with E-state index in [4.69, 9.17) is 0 Å². The quantitative estimate of drug-likeness (QED) is 0.796. The fourth-order valence-corrected chi connectivity index (χ4v) is 3.82. The van der Waals surface area contributed by atoms with Crippen LogP contribution in [0.1, 0.15) is 33.3 Å². The summed E-state index contributed by atoms with van der Waals surface area (Å²) in [6.07, 6.45) is 6.36. The van der Waals surface area contributed by atoms with Crippen molar-refractivity contribution >= 4 is 17.2 Å². The van der Waals surface area contributed by atoms with Crippen molar-refractivity contribution in [3.8, 4) is 0 Å². The maximum Gasteiger partial charge on any atom is 0.271 e. The minimum atomic E-state index is -0.0841. The third-order valence-corrected chi connectivity index (χ3v) is 5.10. The Balaban J connectivity index is 1.39. The van der Waals surface area contributed by atoms with Crippen LogP contribution in [0.4, 0.5) is 0 Å². The minimum absolute atomic E-state index is 0.0841. The molecule has 1 amide bonds. The zero-order valence-corrected chi connectivity index (χ0v) is 14.0. The molecule has 1 aromatic carbocycles. The van der Waals surface area contributed by atoms with Gasteiger partial charge in [-0.25, -0.2) is 9.97 Å². The summed E-state index contributed by atoms with van der Waals surface area (Å²) in [5.74, 6) is 1.01. The summed E-state index contributed by atoms with van der Waals surface area (Å²) >= 11 is 1.54. The highest BCUT2D eigenvalue weighted by Gasteiger charge is 2.21. The SMILES string of the molecule is O=C(N[C@@H]1CCc2nccn2C1)c1csc(Cc2ccccc2)n1. The van der Waals surface area contributed by atoms with Crippen molar-refractivity contribution in [2.45, 2.75) is 31.8 Å². The molecule has 4 rings (SSSR count). The van der Waals surface area contributed by atoms with E-state index in [9.17, 15) is 4.79 Å². The van der Waals surface area contributed by atoms with Gasteiger partial charge in [0.1, 0.15) is 11.5 Å². The largest absolute Gasteiger partial charge is 0.346 e. The molecule has 122 valence electrons. The van der Waals surface area contributed by atoms with Crippen LogP contribution < -0.4 is 5.32 Å². The van der Waals surface area contributed by atoms with Crippen LogP contribution in [0.5, 0.6) is 0 Å². The van der Waals surface area contributed by atoms with E-state index in [1.807, 2.05) is 36.0 Å². The topological polar surface area (TPSA) is 59.8 Å². The van der Waals surface area contributed by atoms with Crippen LogP contribution in [0.3, 0.4) is 0 Å². The molecule has 0 unspecified atom stereocenters. The summed E-state index contributed by atoms with van der Waals surface area (Å²) in [5.41, 5.74) is 1.72. The first-order valence-corrected chi connectivity index (χ1v) is 8.95. The van der Waals surface area contributed by atoms with Crippen molar-refractivity contribution < 1.29 is 4.79 Å². The number of hydrogen-bond acceptors (Lipinski definition) is 4. The van der Waals surface area contributed by atoms with Gasteiger partial charge in [-0.15, -0.1) is 11.3 Å². The number of aromatic nitrogens is 3. The third-order valence-electron chi connectivity index (χ3n) is 4.25. The number of imidazole rings is 1. The number of fused-ring (bicyclic) bond motifs is 1. The second-order valence-electron chi connectivity index (χ2n) is 5.99. The Morgan fingerprint density at radius 2 is 2.21 bits per heavy atom. The standard InChI is InChI=1S/C18H18N4OS/c23-18(20-14-6-7-16-19-8-9-22(16)11-14)15-12-24-17(21-15)10-13-4-2-1-3-5-13/h1-5,8-9,12,14H,6-7,10-11H2,(H,20,23)/t14-/m1/s1. The van der Waals surface area contributed by atoms with E-state index in [1.165, 1.54) is 16.9 Å². The van der Waals surface area contributed by atoms with Crippen molar-refractivity contribution in [2.24, 2.45) is 0 Å². The van der Waals surface area contributed by atoms with Crippen LogP contribution >= 0.6 is 11.3 Å². The Hall–Kier alpha value is -2.47. The molecule has 0 bridgehead atoms. The van der Waals surface area contributed by atoms with Crippen LogP contribution in [-0.4, -0.2) is 26.5 Å². The first-order chi connectivity index (χ1) is 11.8. The normalized spacial score (nSPS) is 16.6. The molecule has 1 N–H and O–H groups in total. The lowest BCUT2D eigenvalue weighted by atomic mass is 10.1. The molecule has 0 radical (unpaired) electrons. The molecule has 5 nitrogen and oxygen atoms in total. The molecule has 3 heterocycles. The fourth-order valence-electron chi connectivity index (χ4n) is 3.01. The molecule has 3 aromatic rings. The number of carbonyl (C=O) groups excluding carboxylic acids is 1. The summed E-state index contributed by atoms with van der Waals surface area (Å²) in [6.45, 7) is 0.780. The Bertz CT molecular complexity index is 840. The van der Waals surface area contributed by atoms with Gasteiger partial charge in [-0.05, 0) is 12.0 Å². The van der Waals surface area contributed by atoms with E-state index < -0.39 is 0 Å². The van der Waals surface area contributed by atoms with Crippen LogP contribution in [0.2, 0.25) is 0 Å². The van der Waals surface area contributed by atoms with Gasteiger partial charge in [-0.1, -0.05) is 30.3 Å². The van der Waals surface area contributed by atoms with Gasteiger partial charge in [-0.3, -0.25) is 4.79 Å². The number of rotatable bonds is 4. The minimum Gasteiger partial charge on any atom is -0.346 e. The summed E-state index contributed by atoms with van der Waals surface area (Å²) in [5, 5.41) is 5.91. The van der Waals surface area contributed by atoms with Gasteiger partial charge >= 0.3 is 0 Å². The zero-order chi connectivity index (χ0) is 16.4. The number of thiazole rings is 1. The van der Waals surface area contributed by atoms with Crippen molar-refractivity contribution in [1.29, 1.82) is 0 Å². The molecule has 0 saturated heterocycles. The molecule has 6 heteroatoms. The Labute approximate surface area is 144 Å².